The Morgan fingerprint density at radius 1 is 1.14 bits per heavy atom. The van der Waals surface area contributed by atoms with E-state index in [1.165, 1.54) is 0 Å². The minimum Gasteiger partial charge on any atom is -0.336 e. The molecule has 0 aliphatic carbocycles. The van der Waals surface area contributed by atoms with Gasteiger partial charge in [0.2, 0.25) is 0 Å². The van der Waals surface area contributed by atoms with Crippen LogP contribution in [-0.2, 0) is 0 Å². The molecule has 1 aromatic heterocycles. The molecule has 0 N–H and O–H groups in total. The molecule has 2 aromatic rings. The average Bonchev–Trinajstić information content (AvgIpc) is 2.98. The Morgan fingerprint density at radius 3 is 2.48 bits per heavy atom. The van der Waals surface area contributed by atoms with Gasteiger partial charge in [0.15, 0.2) is 0 Å². The van der Waals surface area contributed by atoms with Gasteiger partial charge in [0.1, 0.15) is 0 Å². The van der Waals surface area contributed by atoms with Crippen molar-refractivity contribution in [1.82, 2.24) is 19.6 Å². The first-order valence-electron chi connectivity index (χ1n) is 6.92. The molecule has 1 aliphatic rings. The molecular formula is C15H17ClN4O. The molecule has 1 aromatic carbocycles. The number of aromatic nitrogens is 2. The number of carbonyl (C=O) groups excluding carboxylic acids is 1. The Balaban J connectivity index is 1.75. The zero-order valence-electron chi connectivity index (χ0n) is 11.9. The summed E-state index contributed by atoms with van der Waals surface area (Å²) in [6.45, 7) is 3.36. The van der Waals surface area contributed by atoms with Gasteiger partial charge in [-0.25, -0.2) is 4.68 Å². The molecular weight excluding hydrogens is 288 g/mol. The van der Waals surface area contributed by atoms with E-state index in [0.717, 1.165) is 31.9 Å². The third-order valence-corrected chi connectivity index (χ3v) is 3.96. The molecule has 0 spiro atoms. The maximum Gasteiger partial charge on any atom is 0.257 e. The number of benzene rings is 1. The van der Waals surface area contributed by atoms with Gasteiger partial charge in [-0.15, -0.1) is 0 Å². The van der Waals surface area contributed by atoms with Crippen LogP contribution in [0.25, 0.3) is 5.69 Å². The highest BCUT2D eigenvalue weighted by Gasteiger charge is 2.21. The highest BCUT2D eigenvalue weighted by molar-refractivity contribution is 6.30. The monoisotopic (exact) mass is 304 g/mol. The van der Waals surface area contributed by atoms with Gasteiger partial charge in [0.05, 0.1) is 17.4 Å². The number of hydrogen-bond donors (Lipinski definition) is 0. The van der Waals surface area contributed by atoms with E-state index >= 15 is 0 Å². The van der Waals surface area contributed by atoms with Gasteiger partial charge in [-0.3, -0.25) is 4.79 Å². The molecule has 1 saturated heterocycles. The van der Waals surface area contributed by atoms with Crippen molar-refractivity contribution in [2.75, 3.05) is 33.2 Å². The highest BCUT2D eigenvalue weighted by atomic mass is 35.5. The molecule has 0 bridgehead atoms. The van der Waals surface area contributed by atoms with E-state index in [-0.39, 0.29) is 5.91 Å². The van der Waals surface area contributed by atoms with Crippen LogP contribution in [0.3, 0.4) is 0 Å². The van der Waals surface area contributed by atoms with E-state index in [1.807, 2.05) is 17.0 Å². The number of rotatable bonds is 2. The summed E-state index contributed by atoms with van der Waals surface area (Å²) < 4.78 is 1.69. The minimum atomic E-state index is 0.0447. The van der Waals surface area contributed by atoms with E-state index in [0.29, 0.717) is 10.6 Å². The molecule has 1 amide bonds. The minimum absolute atomic E-state index is 0.0447. The van der Waals surface area contributed by atoms with Crippen LogP contribution in [0.15, 0.2) is 36.7 Å². The Morgan fingerprint density at radius 2 is 1.81 bits per heavy atom. The number of halogens is 1. The summed E-state index contributed by atoms with van der Waals surface area (Å²) in [6, 6.07) is 7.36. The molecule has 0 unspecified atom stereocenters. The first kappa shape index (κ1) is 14.1. The zero-order chi connectivity index (χ0) is 14.8. The lowest BCUT2D eigenvalue weighted by Crippen LogP contribution is -2.47. The number of piperazine rings is 1. The maximum atomic E-state index is 12.4. The lowest BCUT2D eigenvalue weighted by Gasteiger charge is -2.32. The summed E-state index contributed by atoms with van der Waals surface area (Å²) >= 11 is 5.87. The van der Waals surface area contributed by atoms with E-state index < -0.39 is 0 Å². The largest absolute Gasteiger partial charge is 0.336 e. The first-order valence-corrected chi connectivity index (χ1v) is 7.30. The number of likely N-dealkylation sites (N-methyl/N-ethyl adjacent to an activating group) is 1. The van der Waals surface area contributed by atoms with Crippen LogP contribution in [0.2, 0.25) is 5.02 Å². The van der Waals surface area contributed by atoms with E-state index in [1.54, 1.807) is 29.2 Å². The number of carbonyl (C=O) groups is 1. The Hall–Kier alpha value is -1.85. The van der Waals surface area contributed by atoms with Crippen LogP contribution in [0.4, 0.5) is 0 Å². The molecule has 21 heavy (non-hydrogen) atoms. The van der Waals surface area contributed by atoms with Crippen molar-refractivity contribution in [1.29, 1.82) is 0 Å². The molecule has 3 rings (SSSR count). The lowest BCUT2D eigenvalue weighted by atomic mass is 10.2. The first-order chi connectivity index (χ1) is 10.1. The summed E-state index contributed by atoms with van der Waals surface area (Å²) in [7, 11) is 2.07. The Kier molecular flexibility index (Phi) is 3.94. The second-order valence-corrected chi connectivity index (χ2v) is 5.68. The van der Waals surface area contributed by atoms with Gasteiger partial charge >= 0.3 is 0 Å². The third kappa shape index (κ3) is 3.09. The second kappa shape index (κ2) is 5.87. The van der Waals surface area contributed by atoms with Gasteiger partial charge < -0.3 is 9.80 Å². The number of hydrogen-bond acceptors (Lipinski definition) is 3. The smallest absolute Gasteiger partial charge is 0.257 e. The number of amides is 1. The van der Waals surface area contributed by atoms with E-state index in [2.05, 4.69) is 17.0 Å². The van der Waals surface area contributed by atoms with Crippen molar-refractivity contribution >= 4 is 17.5 Å². The van der Waals surface area contributed by atoms with Crippen LogP contribution in [0, 0.1) is 0 Å². The van der Waals surface area contributed by atoms with Crippen molar-refractivity contribution in [2.45, 2.75) is 0 Å². The molecule has 2 heterocycles. The fraction of sp³-hybridized carbons (Fsp3) is 0.333. The molecule has 1 aliphatic heterocycles. The predicted octanol–water partition coefficient (Wildman–Crippen LogP) is 1.91. The normalized spacial score (nSPS) is 16.2. The predicted molar refractivity (Wildman–Crippen MR) is 82.0 cm³/mol. The van der Waals surface area contributed by atoms with E-state index in [4.69, 9.17) is 11.6 Å². The van der Waals surface area contributed by atoms with Crippen molar-refractivity contribution < 1.29 is 4.79 Å². The van der Waals surface area contributed by atoms with Crippen LogP contribution in [0.1, 0.15) is 10.4 Å². The molecule has 6 heteroatoms. The van der Waals surface area contributed by atoms with Gasteiger partial charge in [-0.05, 0) is 31.3 Å². The summed E-state index contributed by atoms with van der Waals surface area (Å²) in [5, 5.41) is 4.94. The van der Waals surface area contributed by atoms with Crippen LogP contribution in [0.5, 0.6) is 0 Å². The molecule has 1 fully saturated rings. The second-order valence-electron chi connectivity index (χ2n) is 5.25. The van der Waals surface area contributed by atoms with Crippen molar-refractivity contribution in [2.24, 2.45) is 0 Å². The summed E-state index contributed by atoms with van der Waals surface area (Å²) in [6.07, 6.45) is 3.39. The third-order valence-electron chi connectivity index (χ3n) is 3.71. The summed E-state index contributed by atoms with van der Waals surface area (Å²) in [5.41, 5.74) is 1.51. The zero-order valence-corrected chi connectivity index (χ0v) is 12.6. The van der Waals surface area contributed by atoms with Crippen LogP contribution >= 0.6 is 11.6 Å². The molecule has 0 atom stereocenters. The van der Waals surface area contributed by atoms with Gasteiger partial charge in [0.25, 0.3) is 5.91 Å². The van der Waals surface area contributed by atoms with Crippen molar-refractivity contribution in [3.8, 4) is 5.69 Å². The van der Waals surface area contributed by atoms with Gasteiger partial charge in [-0.1, -0.05) is 11.6 Å². The summed E-state index contributed by atoms with van der Waals surface area (Å²) in [4.78, 5) is 16.5. The standard InChI is InChI=1S/C15H17ClN4O/c1-18-6-8-19(9-7-18)15(21)12-10-17-20(11-12)14-4-2-13(16)3-5-14/h2-5,10-11H,6-9H2,1H3. The van der Waals surface area contributed by atoms with E-state index in [9.17, 15) is 4.79 Å². The molecule has 0 saturated carbocycles. The summed E-state index contributed by atoms with van der Waals surface area (Å²) in [5.74, 6) is 0.0447. The van der Waals surface area contributed by atoms with Crippen LogP contribution < -0.4 is 0 Å². The SMILES string of the molecule is CN1CCN(C(=O)c2cnn(-c3ccc(Cl)cc3)c2)CC1. The topological polar surface area (TPSA) is 41.4 Å². The molecule has 0 radical (unpaired) electrons. The van der Waals surface area contributed by atoms with Crippen molar-refractivity contribution in [3.63, 3.8) is 0 Å². The maximum absolute atomic E-state index is 12.4. The van der Waals surface area contributed by atoms with Gasteiger partial charge in [0, 0.05) is 37.4 Å². The van der Waals surface area contributed by atoms with Gasteiger partial charge in [-0.2, -0.15) is 5.10 Å². The van der Waals surface area contributed by atoms with Crippen LogP contribution in [-0.4, -0.2) is 58.7 Å². The molecule has 110 valence electrons. The fourth-order valence-corrected chi connectivity index (χ4v) is 2.49. The Bertz CT molecular complexity index is 629. The molecule has 5 nitrogen and oxygen atoms in total. The number of nitrogens with zero attached hydrogens (tertiary/aromatic N) is 4. The lowest BCUT2D eigenvalue weighted by molar-refractivity contribution is 0.0664. The Labute approximate surface area is 128 Å². The quantitative estimate of drug-likeness (QED) is 0.851. The van der Waals surface area contributed by atoms with Crippen molar-refractivity contribution in [3.05, 3.63) is 47.2 Å². The highest BCUT2D eigenvalue weighted by Crippen LogP contribution is 2.14. The fourth-order valence-electron chi connectivity index (χ4n) is 2.36. The average molecular weight is 305 g/mol.